The van der Waals surface area contributed by atoms with Crippen LogP contribution >= 0.6 is 0 Å². The molecule has 1 aliphatic heterocycles. The zero-order valence-electron chi connectivity index (χ0n) is 11.9. The minimum absolute atomic E-state index is 0.0369. The maximum Gasteiger partial charge on any atom is 0.223 e. The highest BCUT2D eigenvalue weighted by atomic mass is 16.2. The van der Waals surface area contributed by atoms with Gasteiger partial charge in [-0.2, -0.15) is 0 Å². The molecule has 2 rings (SSSR count). The predicted octanol–water partition coefficient (Wildman–Crippen LogP) is 2.79. The first-order valence-corrected chi connectivity index (χ1v) is 7.25. The highest BCUT2D eigenvalue weighted by Crippen LogP contribution is 2.30. The molecule has 0 radical (unpaired) electrons. The van der Waals surface area contributed by atoms with Crippen LogP contribution in [0.2, 0.25) is 0 Å². The van der Waals surface area contributed by atoms with E-state index in [4.69, 9.17) is 5.73 Å². The van der Waals surface area contributed by atoms with Gasteiger partial charge in [0.15, 0.2) is 0 Å². The van der Waals surface area contributed by atoms with Gasteiger partial charge in [-0.15, -0.1) is 0 Å². The van der Waals surface area contributed by atoms with Crippen LogP contribution in [0, 0.1) is 6.92 Å². The zero-order chi connectivity index (χ0) is 13.8. The zero-order valence-corrected chi connectivity index (χ0v) is 11.9. The molecule has 1 amide bonds. The van der Waals surface area contributed by atoms with Crippen LogP contribution in [0.5, 0.6) is 0 Å². The van der Waals surface area contributed by atoms with Gasteiger partial charge in [-0.25, -0.2) is 0 Å². The van der Waals surface area contributed by atoms with E-state index in [2.05, 4.69) is 38.1 Å². The molecule has 0 bridgehead atoms. The quantitative estimate of drug-likeness (QED) is 0.908. The fourth-order valence-electron chi connectivity index (χ4n) is 2.96. The lowest BCUT2D eigenvalue weighted by Gasteiger charge is -2.34. The molecule has 1 aliphatic rings. The van der Waals surface area contributed by atoms with Crippen molar-refractivity contribution >= 4 is 5.91 Å². The monoisotopic (exact) mass is 260 g/mol. The summed E-state index contributed by atoms with van der Waals surface area (Å²) in [5.74, 6) is 0.251. The van der Waals surface area contributed by atoms with Crippen LogP contribution in [0.15, 0.2) is 24.3 Å². The molecule has 1 fully saturated rings. The first kappa shape index (κ1) is 14.1. The number of benzene rings is 1. The molecule has 2 N–H and O–H groups in total. The molecule has 0 saturated carbocycles. The molecule has 2 unspecified atom stereocenters. The van der Waals surface area contributed by atoms with Crippen molar-refractivity contribution in [2.45, 2.75) is 51.6 Å². The lowest BCUT2D eigenvalue weighted by molar-refractivity contribution is -0.133. The SMILES string of the molecule is CCCN1C(=O)CCCC(N)C1c1cccc(C)c1. The lowest BCUT2D eigenvalue weighted by Crippen LogP contribution is -2.42. The number of carbonyl (C=O) groups excluding carboxylic acids is 1. The van der Waals surface area contributed by atoms with E-state index in [-0.39, 0.29) is 18.0 Å². The van der Waals surface area contributed by atoms with Crippen molar-refractivity contribution in [2.75, 3.05) is 6.54 Å². The van der Waals surface area contributed by atoms with E-state index in [1.54, 1.807) is 0 Å². The minimum atomic E-state index is 0.0369. The highest BCUT2D eigenvalue weighted by Gasteiger charge is 2.32. The van der Waals surface area contributed by atoms with Crippen molar-refractivity contribution in [3.8, 4) is 0 Å². The van der Waals surface area contributed by atoms with Crippen molar-refractivity contribution in [1.82, 2.24) is 4.90 Å². The Morgan fingerprint density at radius 1 is 1.42 bits per heavy atom. The maximum atomic E-state index is 12.3. The molecule has 2 atom stereocenters. The maximum absolute atomic E-state index is 12.3. The number of hydrogen-bond donors (Lipinski definition) is 1. The van der Waals surface area contributed by atoms with E-state index in [0.717, 1.165) is 25.8 Å². The summed E-state index contributed by atoms with van der Waals surface area (Å²) in [5, 5.41) is 0. The van der Waals surface area contributed by atoms with Crippen LogP contribution in [0.3, 0.4) is 0 Å². The van der Waals surface area contributed by atoms with Gasteiger partial charge in [-0.3, -0.25) is 4.79 Å². The number of carbonyl (C=O) groups is 1. The number of amides is 1. The third kappa shape index (κ3) is 3.16. The van der Waals surface area contributed by atoms with E-state index in [1.807, 2.05) is 4.90 Å². The molecular formula is C16H24N2O. The minimum Gasteiger partial charge on any atom is -0.334 e. The van der Waals surface area contributed by atoms with E-state index in [0.29, 0.717) is 6.42 Å². The van der Waals surface area contributed by atoms with Crippen molar-refractivity contribution in [3.05, 3.63) is 35.4 Å². The number of nitrogens with two attached hydrogens (primary N) is 1. The number of aryl methyl sites for hydroxylation is 1. The van der Waals surface area contributed by atoms with Gasteiger partial charge >= 0.3 is 0 Å². The van der Waals surface area contributed by atoms with Crippen molar-refractivity contribution in [3.63, 3.8) is 0 Å². The van der Waals surface area contributed by atoms with Crippen LogP contribution in [0.25, 0.3) is 0 Å². The largest absolute Gasteiger partial charge is 0.334 e. The van der Waals surface area contributed by atoms with E-state index < -0.39 is 0 Å². The molecule has 19 heavy (non-hydrogen) atoms. The van der Waals surface area contributed by atoms with E-state index >= 15 is 0 Å². The smallest absolute Gasteiger partial charge is 0.223 e. The Balaban J connectivity index is 2.37. The summed E-state index contributed by atoms with van der Waals surface area (Å²) in [6.45, 7) is 4.99. The van der Waals surface area contributed by atoms with Gasteiger partial charge in [0.05, 0.1) is 6.04 Å². The highest BCUT2D eigenvalue weighted by molar-refractivity contribution is 5.77. The molecule has 1 aromatic carbocycles. The van der Waals surface area contributed by atoms with E-state index in [1.165, 1.54) is 11.1 Å². The molecule has 1 aromatic rings. The van der Waals surface area contributed by atoms with Crippen molar-refractivity contribution in [1.29, 1.82) is 0 Å². The fraction of sp³-hybridized carbons (Fsp3) is 0.562. The normalized spacial score (nSPS) is 24.4. The molecule has 104 valence electrons. The Hall–Kier alpha value is -1.35. The molecule has 1 saturated heterocycles. The summed E-state index contributed by atoms with van der Waals surface area (Å²) in [5.41, 5.74) is 8.75. The molecule has 0 aromatic heterocycles. The van der Waals surface area contributed by atoms with Gasteiger partial charge in [0.25, 0.3) is 0 Å². The molecule has 0 spiro atoms. The summed E-state index contributed by atoms with van der Waals surface area (Å²) in [7, 11) is 0. The fourth-order valence-corrected chi connectivity index (χ4v) is 2.96. The molecule has 3 nitrogen and oxygen atoms in total. The summed E-state index contributed by atoms with van der Waals surface area (Å²) < 4.78 is 0. The average Bonchev–Trinajstić information content (AvgIpc) is 2.50. The first-order chi connectivity index (χ1) is 9.13. The molecular weight excluding hydrogens is 236 g/mol. The standard InChI is InChI=1S/C16H24N2O/c1-3-10-18-15(19)9-5-8-14(17)16(18)13-7-4-6-12(2)11-13/h4,6-7,11,14,16H,3,5,8-10,17H2,1-2H3. The van der Waals surface area contributed by atoms with Gasteiger partial charge in [0.2, 0.25) is 5.91 Å². The predicted molar refractivity (Wildman–Crippen MR) is 77.8 cm³/mol. The Morgan fingerprint density at radius 3 is 2.89 bits per heavy atom. The van der Waals surface area contributed by atoms with Gasteiger partial charge in [0.1, 0.15) is 0 Å². The topological polar surface area (TPSA) is 46.3 Å². The van der Waals surface area contributed by atoms with Crippen LogP contribution < -0.4 is 5.73 Å². The second-order valence-electron chi connectivity index (χ2n) is 5.50. The number of rotatable bonds is 3. The Labute approximate surface area is 115 Å². The summed E-state index contributed by atoms with van der Waals surface area (Å²) in [6.07, 6.45) is 3.43. The third-order valence-electron chi connectivity index (χ3n) is 3.84. The summed E-state index contributed by atoms with van der Waals surface area (Å²) in [6, 6.07) is 8.47. The molecule has 0 aliphatic carbocycles. The van der Waals surface area contributed by atoms with E-state index in [9.17, 15) is 4.79 Å². The Kier molecular flexibility index (Phi) is 4.59. The van der Waals surface area contributed by atoms with Crippen LogP contribution in [0.4, 0.5) is 0 Å². The second kappa shape index (κ2) is 6.20. The Bertz CT molecular complexity index is 444. The van der Waals surface area contributed by atoms with Crippen LogP contribution in [0.1, 0.15) is 49.8 Å². The Morgan fingerprint density at radius 2 is 2.21 bits per heavy atom. The molecule has 3 heteroatoms. The second-order valence-corrected chi connectivity index (χ2v) is 5.50. The summed E-state index contributed by atoms with van der Waals surface area (Å²) >= 11 is 0. The first-order valence-electron chi connectivity index (χ1n) is 7.25. The summed E-state index contributed by atoms with van der Waals surface area (Å²) in [4.78, 5) is 14.3. The third-order valence-corrected chi connectivity index (χ3v) is 3.84. The van der Waals surface area contributed by atoms with Crippen LogP contribution in [-0.4, -0.2) is 23.4 Å². The van der Waals surface area contributed by atoms with Crippen LogP contribution in [-0.2, 0) is 4.79 Å². The number of likely N-dealkylation sites (tertiary alicyclic amines) is 1. The van der Waals surface area contributed by atoms with Crippen molar-refractivity contribution < 1.29 is 4.79 Å². The van der Waals surface area contributed by atoms with Gasteiger partial charge in [-0.05, 0) is 31.7 Å². The lowest BCUT2D eigenvalue weighted by atomic mass is 9.95. The van der Waals surface area contributed by atoms with Gasteiger partial charge in [0, 0.05) is 19.0 Å². The average molecular weight is 260 g/mol. The van der Waals surface area contributed by atoms with Gasteiger partial charge < -0.3 is 10.6 Å². The van der Waals surface area contributed by atoms with Gasteiger partial charge in [-0.1, -0.05) is 36.8 Å². The van der Waals surface area contributed by atoms with Crippen molar-refractivity contribution in [2.24, 2.45) is 5.73 Å². The number of nitrogens with zero attached hydrogens (tertiary/aromatic N) is 1. The number of hydrogen-bond acceptors (Lipinski definition) is 2. The molecule has 1 heterocycles.